The maximum atomic E-state index is 12.5. The summed E-state index contributed by atoms with van der Waals surface area (Å²) in [6.45, 7) is 13.3. The zero-order valence-electron chi connectivity index (χ0n) is 16.8. The quantitative estimate of drug-likeness (QED) is 0.850. The Hall–Kier alpha value is -1.76. The van der Waals surface area contributed by atoms with Gasteiger partial charge in [-0.2, -0.15) is 0 Å². The van der Waals surface area contributed by atoms with Crippen LogP contribution in [0.4, 0.5) is 5.13 Å². The Balaban J connectivity index is 1.59. The second-order valence-corrected chi connectivity index (χ2v) is 9.23. The van der Waals surface area contributed by atoms with Crippen LogP contribution < -0.4 is 5.32 Å². The van der Waals surface area contributed by atoms with Gasteiger partial charge in [0.25, 0.3) is 5.91 Å². The lowest BCUT2D eigenvalue weighted by atomic mass is 9.87. The van der Waals surface area contributed by atoms with Gasteiger partial charge in [0, 0.05) is 30.6 Å². The highest BCUT2D eigenvalue weighted by Gasteiger charge is 2.23. The topological polar surface area (TPSA) is 54.5 Å². The summed E-state index contributed by atoms with van der Waals surface area (Å²) in [5, 5.41) is 5.58. The van der Waals surface area contributed by atoms with Crippen molar-refractivity contribution in [1.29, 1.82) is 0 Å². The summed E-state index contributed by atoms with van der Waals surface area (Å²) in [6.07, 6.45) is 0.477. The van der Waals surface area contributed by atoms with Gasteiger partial charge < -0.3 is 4.74 Å². The zero-order chi connectivity index (χ0) is 19.6. The van der Waals surface area contributed by atoms with Crippen LogP contribution in [0.2, 0.25) is 0 Å². The van der Waals surface area contributed by atoms with Crippen molar-refractivity contribution in [2.45, 2.75) is 58.8 Å². The van der Waals surface area contributed by atoms with Crippen LogP contribution in [0.3, 0.4) is 0 Å². The van der Waals surface area contributed by atoms with E-state index in [0.29, 0.717) is 10.7 Å². The Bertz CT molecular complexity index is 769. The van der Waals surface area contributed by atoms with Gasteiger partial charge in [0.15, 0.2) is 5.13 Å². The Kier molecular flexibility index (Phi) is 5.99. The van der Waals surface area contributed by atoms with Crippen molar-refractivity contribution in [3.05, 3.63) is 46.5 Å². The van der Waals surface area contributed by atoms with Crippen molar-refractivity contribution in [2.75, 3.05) is 18.4 Å². The molecule has 1 aromatic heterocycles. The van der Waals surface area contributed by atoms with E-state index in [0.717, 1.165) is 25.3 Å². The summed E-state index contributed by atoms with van der Waals surface area (Å²) < 4.78 is 5.77. The molecule has 1 aliphatic heterocycles. The second-order valence-electron chi connectivity index (χ2n) is 8.38. The molecule has 1 amide bonds. The number of hydrogen-bond donors (Lipinski definition) is 1. The highest BCUT2D eigenvalue weighted by Crippen LogP contribution is 2.23. The fourth-order valence-electron chi connectivity index (χ4n) is 3.37. The number of nitrogens with one attached hydrogen (secondary N) is 1. The minimum atomic E-state index is -0.120. The van der Waals surface area contributed by atoms with E-state index in [2.05, 4.69) is 49.8 Å². The van der Waals surface area contributed by atoms with Crippen molar-refractivity contribution in [3.8, 4) is 0 Å². The second kappa shape index (κ2) is 8.09. The van der Waals surface area contributed by atoms with E-state index in [9.17, 15) is 4.79 Å². The van der Waals surface area contributed by atoms with E-state index >= 15 is 0 Å². The largest absolute Gasteiger partial charge is 0.373 e. The van der Waals surface area contributed by atoms with Crippen molar-refractivity contribution in [1.82, 2.24) is 9.88 Å². The number of ether oxygens (including phenoxy) is 1. The molecule has 1 aromatic carbocycles. The fraction of sp³-hybridized carbons (Fsp3) is 0.524. The highest BCUT2D eigenvalue weighted by atomic mass is 32.1. The van der Waals surface area contributed by atoms with Gasteiger partial charge in [0.1, 0.15) is 0 Å². The Morgan fingerprint density at radius 3 is 2.44 bits per heavy atom. The molecule has 1 fully saturated rings. The molecule has 0 aliphatic carbocycles. The fourth-order valence-corrected chi connectivity index (χ4v) is 4.07. The minimum Gasteiger partial charge on any atom is -0.373 e. The molecule has 2 heterocycles. The standard InChI is InChI=1S/C21H29N3O2S/c1-14-10-24(11-15(2)26-14)12-18-13-27-20(22-18)23-19(25)16-6-8-17(9-7-16)21(3,4)5/h6-9,13-15H,10-12H2,1-5H3,(H,22,23,25). The van der Waals surface area contributed by atoms with Crippen molar-refractivity contribution < 1.29 is 9.53 Å². The molecule has 1 saturated heterocycles. The average molecular weight is 388 g/mol. The van der Waals surface area contributed by atoms with Crippen LogP contribution in [0.25, 0.3) is 0 Å². The molecule has 1 aliphatic rings. The summed E-state index contributed by atoms with van der Waals surface area (Å²) in [4.78, 5) is 19.4. The SMILES string of the molecule is CC1CN(Cc2csc(NC(=O)c3ccc(C(C)(C)C)cc3)n2)CC(C)O1. The number of carbonyl (C=O) groups is 1. The smallest absolute Gasteiger partial charge is 0.257 e. The molecule has 0 saturated carbocycles. The molecular formula is C21H29N3O2S. The van der Waals surface area contributed by atoms with Crippen molar-refractivity contribution in [3.63, 3.8) is 0 Å². The maximum absolute atomic E-state index is 12.5. The number of aromatic nitrogens is 1. The maximum Gasteiger partial charge on any atom is 0.257 e. The Labute approximate surface area is 165 Å². The van der Waals surface area contributed by atoms with Crippen molar-refractivity contribution >= 4 is 22.4 Å². The molecule has 3 rings (SSSR count). The van der Waals surface area contributed by atoms with Gasteiger partial charge in [0.2, 0.25) is 0 Å². The van der Waals surface area contributed by atoms with E-state index in [1.54, 1.807) is 0 Å². The average Bonchev–Trinajstić information content (AvgIpc) is 3.00. The van der Waals surface area contributed by atoms with E-state index in [1.165, 1.54) is 16.9 Å². The number of thiazole rings is 1. The first kappa shape index (κ1) is 20.0. The third-order valence-electron chi connectivity index (χ3n) is 4.67. The van der Waals surface area contributed by atoms with Crippen LogP contribution in [0.15, 0.2) is 29.6 Å². The summed E-state index contributed by atoms with van der Waals surface area (Å²) in [5.41, 5.74) is 2.92. The molecular weight excluding hydrogens is 358 g/mol. The number of hydrogen-bond acceptors (Lipinski definition) is 5. The molecule has 1 N–H and O–H groups in total. The first-order valence-electron chi connectivity index (χ1n) is 9.45. The lowest BCUT2D eigenvalue weighted by molar-refractivity contribution is -0.0707. The zero-order valence-corrected chi connectivity index (χ0v) is 17.6. The van der Waals surface area contributed by atoms with Crippen LogP contribution in [0.5, 0.6) is 0 Å². The molecule has 6 heteroatoms. The van der Waals surface area contributed by atoms with Gasteiger partial charge in [-0.05, 0) is 37.0 Å². The van der Waals surface area contributed by atoms with Crippen LogP contribution in [0, 0.1) is 0 Å². The summed E-state index contributed by atoms with van der Waals surface area (Å²) in [5.74, 6) is -0.120. The number of carbonyl (C=O) groups excluding carboxylic acids is 1. The normalized spacial score (nSPS) is 21.2. The number of amides is 1. The number of benzene rings is 1. The Morgan fingerprint density at radius 1 is 1.22 bits per heavy atom. The molecule has 2 atom stereocenters. The first-order chi connectivity index (χ1) is 12.7. The molecule has 2 unspecified atom stereocenters. The summed E-state index contributed by atoms with van der Waals surface area (Å²) in [6, 6.07) is 7.79. The van der Waals surface area contributed by atoms with Gasteiger partial charge in [-0.25, -0.2) is 4.98 Å². The molecule has 0 radical (unpaired) electrons. The van der Waals surface area contributed by atoms with Crippen LogP contribution >= 0.6 is 11.3 Å². The van der Waals surface area contributed by atoms with Crippen LogP contribution in [0.1, 0.15) is 56.2 Å². The predicted octanol–water partition coefficient (Wildman–Crippen LogP) is 4.30. The highest BCUT2D eigenvalue weighted by molar-refractivity contribution is 7.13. The van der Waals surface area contributed by atoms with E-state index in [1.807, 2.05) is 29.6 Å². The van der Waals surface area contributed by atoms with Crippen LogP contribution in [-0.4, -0.2) is 41.1 Å². The first-order valence-corrected chi connectivity index (χ1v) is 10.3. The van der Waals surface area contributed by atoms with Crippen LogP contribution in [-0.2, 0) is 16.7 Å². The van der Waals surface area contributed by atoms with E-state index in [-0.39, 0.29) is 23.5 Å². The lowest BCUT2D eigenvalue weighted by Gasteiger charge is -2.34. The third-order valence-corrected chi connectivity index (χ3v) is 5.47. The number of anilines is 1. The van der Waals surface area contributed by atoms with E-state index < -0.39 is 0 Å². The third kappa shape index (κ3) is 5.37. The molecule has 0 spiro atoms. The van der Waals surface area contributed by atoms with Gasteiger partial charge in [-0.1, -0.05) is 32.9 Å². The number of nitrogens with zero attached hydrogens (tertiary/aromatic N) is 2. The number of rotatable bonds is 4. The van der Waals surface area contributed by atoms with Gasteiger partial charge in [0.05, 0.1) is 17.9 Å². The minimum absolute atomic E-state index is 0.0771. The number of morpholine rings is 1. The molecule has 146 valence electrons. The van der Waals surface area contributed by atoms with Crippen molar-refractivity contribution in [2.24, 2.45) is 0 Å². The monoisotopic (exact) mass is 387 g/mol. The van der Waals surface area contributed by atoms with Gasteiger partial charge in [-0.15, -0.1) is 11.3 Å². The summed E-state index contributed by atoms with van der Waals surface area (Å²) in [7, 11) is 0. The molecule has 0 bridgehead atoms. The van der Waals surface area contributed by atoms with Gasteiger partial charge in [-0.3, -0.25) is 15.0 Å². The molecule has 27 heavy (non-hydrogen) atoms. The van der Waals surface area contributed by atoms with E-state index in [4.69, 9.17) is 4.74 Å². The summed E-state index contributed by atoms with van der Waals surface area (Å²) >= 11 is 1.47. The molecule has 2 aromatic rings. The predicted molar refractivity (Wildman–Crippen MR) is 110 cm³/mol. The Morgan fingerprint density at radius 2 is 1.85 bits per heavy atom. The lowest BCUT2D eigenvalue weighted by Crippen LogP contribution is -2.44. The van der Waals surface area contributed by atoms with Gasteiger partial charge >= 0.3 is 0 Å². The molecule has 5 nitrogen and oxygen atoms in total.